The zero-order chi connectivity index (χ0) is 17.7. The second-order valence-electron chi connectivity index (χ2n) is 5.31. The fourth-order valence-corrected chi connectivity index (χ4v) is 2.17. The van der Waals surface area contributed by atoms with E-state index in [4.69, 9.17) is 11.6 Å². The van der Waals surface area contributed by atoms with Crippen molar-refractivity contribution in [1.82, 2.24) is 5.32 Å². The summed E-state index contributed by atoms with van der Waals surface area (Å²) in [5.74, 6) is -0.343. The Hall–Kier alpha value is -2.21. The van der Waals surface area contributed by atoms with Crippen molar-refractivity contribution in [3.05, 3.63) is 64.2 Å². The van der Waals surface area contributed by atoms with Crippen LogP contribution >= 0.6 is 11.6 Å². The molecular formula is C17H16ClF3N2O. The minimum absolute atomic E-state index is 0.0666. The normalized spacial score (nSPS) is 11.2. The fourth-order valence-electron chi connectivity index (χ4n) is 1.98. The van der Waals surface area contributed by atoms with Crippen molar-refractivity contribution in [2.75, 3.05) is 11.9 Å². The van der Waals surface area contributed by atoms with Crippen LogP contribution in [0.1, 0.15) is 16.7 Å². The molecule has 7 heteroatoms. The molecule has 0 saturated heterocycles. The summed E-state index contributed by atoms with van der Waals surface area (Å²) in [5, 5.41) is 5.43. The SMILES string of the molecule is Cc1ccc(CNC(=O)CNc2cc(C(F)(F)F)ccc2Cl)cc1. The number of carbonyl (C=O) groups is 1. The van der Waals surface area contributed by atoms with Gasteiger partial charge < -0.3 is 10.6 Å². The van der Waals surface area contributed by atoms with Gasteiger partial charge in [0.25, 0.3) is 0 Å². The molecule has 0 aliphatic carbocycles. The van der Waals surface area contributed by atoms with Gasteiger partial charge in [-0.2, -0.15) is 13.2 Å². The molecule has 0 aliphatic rings. The van der Waals surface area contributed by atoms with E-state index in [1.165, 1.54) is 0 Å². The Morgan fingerprint density at radius 3 is 2.42 bits per heavy atom. The lowest BCUT2D eigenvalue weighted by Crippen LogP contribution is -2.29. The van der Waals surface area contributed by atoms with Gasteiger partial charge in [0, 0.05) is 6.54 Å². The minimum atomic E-state index is -4.46. The van der Waals surface area contributed by atoms with Crippen molar-refractivity contribution in [1.29, 1.82) is 0 Å². The number of rotatable bonds is 5. The van der Waals surface area contributed by atoms with E-state index >= 15 is 0 Å². The first-order valence-corrected chi connectivity index (χ1v) is 7.56. The van der Waals surface area contributed by atoms with Crippen LogP contribution in [0, 0.1) is 6.92 Å². The maximum Gasteiger partial charge on any atom is 0.416 e. The number of benzene rings is 2. The lowest BCUT2D eigenvalue weighted by molar-refractivity contribution is -0.137. The number of carbonyl (C=O) groups excluding carboxylic acids is 1. The molecule has 128 valence electrons. The van der Waals surface area contributed by atoms with Gasteiger partial charge in [-0.3, -0.25) is 4.79 Å². The second-order valence-corrected chi connectivity index (χ2v) is 5.72. The summed E-state index contributed by atoms with van der Waals surface area (Å²) in [6.45, 7) is 2.13. The molecular weight excluding hydrogens is 341 g/mol. The van der Waals surface area contributed by atoms with Crippen LogP contribution in [0.15, 0.2) is 42.5 Å². The Morgan fingerprint density at radius 1 is 1.12 bits per heavy atom. The van der Waals surface area contributed by atoms with Crippen LogP contribution in [-0.4, -0.2) is 12.5 Å². The van der Waals surface area contributed by atoms with Crippen molar-refractivity contribution in [3.8, 4) is 0 Å². The van der Waals surface area contributed by atoms with Gasteiger partial charge in [-0.1, -0.05) is 41.4 Å². The summed E-state index contributed by atoms with van der Waals surface area (Å²) in [6.07, 6.45) is -4.46. The second kappa shape index (κ2) is 7.57. The van der Waals surface area contributed by atoms with E-state index in [-0.39, 0.29) is 23.2 Å². The molecule has 2 rings (SSSR count). The summed E-state index contributed by atoms with van der Waals surface area (Å²) >= 11 is 5.86. The van der Waals surface area contributed by atoms with Crippen LogP contribution in [0.4, 0.5) is 18.9 Å². The summed E-state index contributed by atoms with van der Waals surface area (Å²) in [4.78, 5) is 11.8. The molecule has 2 N–H and O–H groups in total. The average Bonchev–Trinajstić information content (AvgIpc) is 2.52. The number of aryl methyl sites for hydroxylation is 1. The van der Waals surface area contributed by atoms with Gasteiger partial charge in [-0.25, -0.2) is 0 Å². The maximum atomic E-state index is 12.7. The van der Waals surface area contributed by atoms with E-state index in [0.717, 1.165) is 29.3 Å². The highest BCUT2D eigenvalue weighted by molar-refractivity contribution is 6.33. The molecule has 0 radical (unpaired) electrons. The first-order valence-electron chi connectivity index (χ1n) is 7.18. The molecule has 0 aliphatic heterocycles. The van der Waals surface area contributed by atoms with E-state index in [0.29, 0.717) is 6.54 Å². The van der Waals surface area contributed by atoms with Gasteiger partial charge in [0.1, 0.15) is 0 Å². The van der Waals surface area contributed by atoms with Crippen molar-refractivity contribution in [3.63, 3.8) is 0 Å². The first kappa shape index (κ1) is 18.1. The summed E-state index contributed by atoms with van der Waals surface area (Å²) in [5.41, 5.74) is 1.29. The molecule has 0 aromatic heterocycles. The molecule has 3 nitrogen and oxygen atoms in total. The Bertz CT molecular complexity index is 715. The molecule has 24 heavy (non-hydrogen) atoms. The number of nitrogens with one attached hydrogen (secondary N) is 2. The molecule has 0 fully saturated rings. The third-order valence-electron chi connectivity index (χ3n) is 3.34. The third kappa shape index (κ3) is 5.16. The van der Waals surface area contributed by atoms with Gasteiger partial charge in [-0.15, -0.1) is 0 Å². The fraction of sp³-hybridized carbons (Fsp3) is 0.235. The molecule has 1 amide bonds. The predicted octanol–water partition coefficient (Wildman–Crippen LogP) is 4.40. The number of alkyl halides is 3. The Kier molecular flexibility index (Phi) is 5.72. The highest BCUT2D eigenvalue weighted by Crippen LogP contribution is 2.33. The minimum Gasteiger partial charge on any atom is -0.375 e. The standard InChI is InChI=1S/C17H16ClF3N2O/c1-11-2-4-12(5-3-11)9-23-16(24)10-22-15-8-13(17(19,20)21)6-7-14(15)18/h2-8,22H,9-10H2,1H3,(H,23,24). The number of amides is 1. The van der Waals surface area contributed by atoms with Gasteiger partial charge in [-0.05, 0) is 30.7 Å². The van der Waals surface area contributed by atoms with E-state index in [2.05, 4.69) is 10.6 Å². The first-order chi connectivity index (χ1) is 11.3. The van der Waals surface area contributed by atoms with Crippen molar-refractivity contribution in [2.45, 2.75) is 19.6 Å². The van der Waals surface area contributed by atoms with Crippen LogP contribution < -0.4 is 10.6 Å². The third-order valence-corrected chi connectivity index (χ3v) is 3.67. The topological polar surface area (TPSA) is 41.1 Å². The largest absolute Gasteiger partial charge is 0.416 e. The Labute approximate surface area is 142 Å². The maximum absolute atomic E-state index is 12.7. The zero-order valence-electron chi connectivity index (χ0n) is 12.9. The molecule has 0 unspecified atom stereocenters. The molecule has 2 aromatic carbocycles. The van der Waals surface area contributed by atoms with E-state index in [1.807, 2.05) is 31.2 Å². The van der Waals surface area contributed by atoms with Gasteiger partial charge in [0.2, 0.25) is 5.91 Å². The number of anilines is 1. The highest BCUT2D eigenvalue weighted by Gasteiger charge is 2.30. The summed E-state index contributed by atoms with van der Waals surface area (Å²) < 4.78 is 38.1. The van der Waals surface area contributed by atoms with E-state index < -0.39 is 11.7 Å². The number of hydrogen-bond donors (Lipinski definition) is 2. The van der Waals surface area contributed by atoms with E-state index in [1.54, 1.807) is 0 Å². The van der Waals surface area contributed by atoms with Gasteiger partial charge >= 0.3 is 6.18 Å². The van der Waals surface area contributed by atoms with Crippen LogP contribution in [0.5, 0.6) is 0 Å². The average molecular weight is 357 g/mol. The van der Waals surface area contributed by atoms with Crippen molar-refractivity contribution in [2.24, 2.45) is 0 Å². The molecule has 0 heterocycles. The summed E-state index contributed by atoms with van der Waals surface area (Å²) in [6, 6.07) is 10.6. The van der Waals surface area contributed by atoms with Crippen LogP contribution in [-0.2, 0) is 17.5 Å². The quantitative estimate of drug-likeness (QED) is 0.834. The molecule has 0 spiro atoms. The van der Waals surface area contributed by atoms with Crippen molar-refractivity contribution >= 4 is 23.2 Å². The van der Waals surface area contributed by atoms with Crippen molar-refractivity contribution < 1.29 is 18.0 Å². The molecule has 0 saturated carbocycles. The van der Waals surface area contributed by atoms with Gasteiger partial charge in [0.05, 0.1) is 22.8 Å². The number of hydrogen-bond acceptors (Lipinski definition) is 2. The lowest BCUT2D eigenvalue weighted by Gasteiger charge is -2.12. The number of halogens is 4. The molecule has 0 atom stereocenters. The summed E-state index contributed by atoms with van der Waals surface area (Å²) in [7, 11) is 0. The molecule has 0 bridgehead atoms. The molecule has 2 aromatic rings. The van der Waals surface area contributed by atoms with Crippen LogP contribution in [0.2, 0.25) is 5.02 Å². The highest BCUT2D eigenvalue weighted by atomic mass is 35.5. The predicted molar refractivity (Wildman–Crippen MR) is 88.0 cm³/mol. The lowest BCUT2D eigenvalue weighted by atomic mass is 10.1. The smallest absolute Gasteiger partial charge is 0.375 e. The van der Waals surface area contributed by atoms with Crippen LogP contribution in [0.3, 0.4) is 0 Å². The van der Waals surface area contributed by atoms with Crippen LogP contribution in [0.25, 0.3) is 0 Å². The monoisotopic (exact) mass is 356 g/mol. The van der Waals surface area contributed by atoms with Gasteiger partial charge in [0.15, 0.2) is 0 Å². The zero-order valence-corrected chi connectivity index (χ0v) is 13.6. The Morgan fingerprint density at radius 2 is 1.79 bits per heavy atom. The Balaban J connectivity index is 1.90. The van der Waals surface area contributed by atoms with E-state index in [9.17, 15) is 18.0 Å².